The third-order valence-electron chi connectivity index (χ3n) is 5.49. The van der Waals surface area contributed by atoms with E-state index in [1.807, 2.05) is 18.2 Å². The lowest BCUT2D eigenvalue weighted by atomic mass is 9.65. The second kappa shape index (κ2) is 7.22. The summed E-state index contributed by atoms with van der Waals surface area (Å²) < 4.78 is 6.23. The maximum Gasteiger partial charge on any atom is 0.223 e. The number of carbonyl (C=O) groups is 1. The molecule has 2 fully saturated rings. The molecule has 0 radical (unpaired) electrons. The van der Waals surface area contributed by atoms with Crippen molar-refractivity contribution in [3.63, 3.8) is 0 Å². The molecule has 2 saturated carbocycles. The fourth-order valence-corrected chi connectivity index (χ4v) is 4.53. The van der Waals surface area contributed by atoms with E-state index in [0.717, 1.165) is 28.6 Å². The Hall–Kier alpha value is -1.07. The van der Waals surface area contributed by atoms with Gasteiger partial charge in [0.1, 0.15) is 5.75 Å². The van der Waals surface area contributed by atoms with Crippen molar-refractivity contribution in [2.24, 2.45) is 23.5 Å². The highest BCUT2D eigenvalue weighted by atomic mass is 79.9. The van der Waals surface area contributed by atoms with Gasteiger partial charge < -0.3 is 15.8 Å². The third kappa shape index (κ3) is 3.72. The summed E-state index contributed by atoms with van der Waals surface area (Å²) in [6.45, 7) is 0.522. The summed E-state index contributed by atoms with van der Waals surface area (Å²) in [5.74, 6) is 2.15. The van der Waals surface area contributed by atoms with E-state index in [9.17, 15) is 4.79 Å². The van der Waals surface area contributed by atoms with Crippen LogP contribution in [0.25, 0.3) is 0 Å². The summed E-state index contributed by atoms with van der Waals surface area (Å²) in [7, 11) is 1.65. The van der Waals surface area contributed by atoms with Crippen LogP contribution in [0.3, 0.4) is 0 Å². The van der Waals surface area contributed by atoms with E-state index >= 15 is 0 Å². The Balaban J connectivity index is 1.60. The first-order chi connectivity index (χ1) is 11.1. The number of nitrogens with two attached hydrogens (primary N) is 1. The minimum atomic E-state index is 0.120. The van der Waals surface area contributed by atoms with Crippen molar-refractivity contribution in [1.29, 1.82) is 0 Å². The fraction of sp³-hybridized carbons (Fsp3) is 0.611. The molecule has 1 aromatic rings. The Morgan fingerprint density at radius 2 is 2.04 bits per heavy atom. The molecule has 0 heterocycles. The minimum absolute atomic E-state index is 0.120. The normalized spacial score (nSPS) is 29.9. The van der Waals surface area contributed by atoms with E-state index in [4.69, 9.17) is 10.5 Å². The molecule has 3 rings (SSSR count). The number of methoxy groups -OCH3 is 1. The SMILES string of the molecule is COc1ccc(Br)c(CNC(=O)C2CC3CCCC(C2)C3N)c1. The molecule has 0 aromatic heterocycles. The van der Waals surface area contributed by atoms with E-state index in [1.54, 1.807) is 7.11 Å². The summed E-state index contributed by atoms with van der Waals surface area (Å²) in [5, 5.41) is 3.10. The zero-order valence-corrected chi connectivity index (χ0v) is 15.1. The number of amides is 1. The predicted octanol–water partition coefficient (Wildman–Crippen LogP) is 3.23. The van der Waals surface area contributed by atoms with E-state index < -0.39 is 0 Å². The van der Waals surface area contributed by atoms with Gasteiger partial charge in [0.05, 0.1) is 7.11 Å². The molecule has 1 amide bonds. The average Bonchev–Trinajstić information content (AvgIpc) is 2.53. The molecule has 2 aliphatic rings. The molecule has 2 atom stereocenters. The van der Waals surface area contributed by atoms with Crippen molar-refractivity contribution in [3.8, 4) is 5.75 Å². The summed E-state index contributed by atoms with van der Waals surface area (Å²) in [5.41, 5.74) is 7.34. The van der Waals surface area contributed by atoms with Crippen LogP contribution in [0.5, 0.6) is 5.75 Å². The zero-order chi connectivity index (χ0) is 16.4. The van der Waals surface area contributed by atoms with Crippen molar-refractivity contribution >= 4 is 21.8 Å². The fourth-order valence-electron chi connectivity index (χ4n) is 4.14. The molecule has 2 bridgehead atoms. The summed E-state index contributed by atoms with van der Waals surface area (Å²) in [4.78, 5) is 12.6. The van der Waals surface area contributed by atoms with Gasteiger partial charge in [-0.05, 0) is 61.3 Å². The van der Waals surface area contributed by atoms with Gasteiger partial charge in [-0.2, -0.15) is 0 Å². The topological polar surface area (TPSA) is 64.3 Å². The van der Waals surface area contributed by atoms with Crippen LogP contribution in [0.4, 0.5) is 0 Å². The van der Waals surface area contributed by atoms with Gasteiger partial charge in [0, 0.05) is 23.0 Å². The number of carbonyl (C=O) groups excluding carboxylic acids is 1. The lowest BCUT2D eigenvalue weighted by Gasteiger charge is -2.43. The number of hydrogen-bond donors (Lipinski definition) is 2. The van der Waals surface area contributed by atoms with Crippen LogP contribution >= 0.6 is 15.9 Å². The predicted molar refractivity (Wildman–Crippen MR) is 94.1 cm³/mol. The molecular formula is C18H25BrN2O2. The largest absolute Gasteiger partial charge is 0.497 e. The Labute approximate surface area is 146 Å². The van der Waals surface area contributed by atoms with Gasteiger partial charge >= 0.3 is 0 Å². The quantitative estimate of drug-likeness (QED) is 0.842. The minimum Gasteiger partial charge on any atom is -0.497 e. The number of benzene rings is 1. The number of hydrogen-bond acceptors (Lipinski definition) is 3. The van der Waals surface area contributed by atoms with Gasteiger partial charge in [-0.3, -0.25) is 4.79 Å². The molecule has 5 heteroatoms. The average molecular weight is 381 g/mol. The van der Waals surface area contributed by atoms with Crippen LogP contribution in [0.1, 0.15) is 37.7 Å². The van der Waals surface area contributed by atoms with Gasteiger partial charge in [0.2, 0.25) is 5.91 Å². The first-order valence-corrected chi connectivity index (χ1v) is 9.23. The van der Waals surface area contributed by atoms with Gasteiger partial charge in [-0.1, -0.05) is 22.4 Å². The second-order valence-corrected chi connectivity index (χ2v) is 7.73. The van der Waals surface area contributed by atoms with E-state index in [1.165, 1.54) is 19.3 Å². The van der Waals surface area contributed by atoms with Crippen molar-refractivity contribution in [2.45, 2.75) is 44.7 Å². The van der Waals surface area contributed by atoms with Crippen LogP contribution in [-0.2, 0) is 11.3 Å². The van der Waals surface area contributed by atoms with Gasteiger partial charge in [0.15, 0.2) is 0 Å². The van der Waals surface area contributed by atoms with Crippen molar-refractivity contribution < 1.29 is 9.53 Å². The van der Waals surface area contributed by atoms with Gasteiger partial charge in [-0.25, -0.2) is 0 Å². The lowest BCUT2D eigenvalue weighted by Crippen LogP contribution is -2.49. The number of nitrogens with one attached hydrogen (secondary N) is 1. The van der Waals surface area contributed by atoms with Crippen molar-refractivity contribution in [1.82, 2.24) is 5.32 Å². The van der Waals surface area contributed by atoms with Crippen LogP contribution < -0.4 is 15.8 Å². The number of ether oxygens (including phenoxy) is 1. The van der Waals surface area contributed by atoms with E-state index in [2.05, 4.69) is 21.2 Å². The number of halogens is 1. The molecule has 4 nitrogen and oxygen atoms in total. The molecule has 2 aliphatic carbocycles. The van der Waals surface area contributed by atoms with Crippen molar-refractivity contribution in [3.05, 3.63) is 28.2 Å². The van der Waals surface area contributed by atoms with Gasteiger partial charge in [-0.15, -0.1) is 0 Å². The first kappa shape index (κ1) is 16.8. The van der Waals surface area contributed by atoms with Gasteiger partial charge in [0.25, 0.3) is 0 Å². The first-order valence-electron chi connectivity index (χ1n) is 8.44. The molecule has 0 aliphatic heterocycles. The zero-order valence-electron chi connectivity index (χ0n) is 13.6. The third-order valence-corrected chi connectivity index (χ3v) is 6.26. The highest BCUT2D eigenvalue weighted by molar-refractivity contribution is 9.10. The number of fused-ring (bicyclic) bond motifs is 2. The van der Waals surface area contributed by atoms with Crippen LogP contribution in [0.2, 0.25) is 0 Å². The van der Waals surface area contributed by atoms with E-state index in [0.29, 0.717) is 24.4 Å². The smallest absolute Gasteiger partial charge is 0.223 e. The van der Waals surface area contributed by atoms with Crippen LogP contribution in [-0.4, -0.2) is 19.1 Å². The van der Waals surface area contributed by atoms with Crippen molar-refractivity contribution in [2.75, 3.05) is 7.11 Å². The second-order valence-electron chi connectivity index (χ2n) is 6.87. The Bertz CT molecular complexity index is 564. The number of rotatable bonds is 4. The Kier molecular flexibility index (Phi) is 5.27. The Morgan fingerprint density at radius 3 is 2.70 bits per heavy atom. The lowest BCUT2D eigenvalue weighted by molar-refractivity contribution is -0.128. The maximum absolute atomic E-state index is 12.6. The molecule has 126 valence electrons. The monoisotopic (exact) mass is 380 g/mol. The Morgan fingerprint density at radius 1 is 1.35 bits per heavy atom. The van der Waals surface area contributed by atoms with Crippen LogP contribution in [0, 0.1) is 17.8 Å². The molecule has 3 N–H and O–H groups in total. The molecule has 2 unspecified atom stereocenters. The maximum atomic E-state index is 12.6. The summed E-state index contributed by atoms with van der Waals surface area (Å²) in [6, 6.07) is 6.11. The van der Waals surface area contributed by atoms with Crippen LogP contribution in [0.15, 0.2) is 22.7 Å². The van der Waals surface area contributed by atoms with E-state index in [-0.39, 0.29) is 11.8 Å². The summed E-state index contributed by atoms with van der Waals surface area (Å²) in [6.07, 6.45) is 5.53. The highest BCUT2D eigenvalue weighted by Gasteiger charge is 2.40. The molecular weight excluding hydrogens is 356 g/mol. The summed E-state index contributed by atoms with van der Waals surface area (Å²) >= 11 is 3.53. The molecule has 0 saturated heterocycles. The highest BCUT2D eigenvalue weighted by Crippen LogP contribution is 2.41. The molecule has 23 heavy (non-hydrogen) atoms. The molecule has 0 spiro atoms. The molecule has 1 aromatic carbocycles. The standard InChI is InChI=1S/C18H25BrN2O2/c1-23-15-5-6-16(19)14(9-15)10-21-18(22)13-7-11-3-2-4-12(8-13)17(11)20/h5-6,9,11-13,17H,2-4,7-8,10,20H2,1H3,(H,21,22).